The Morgan fingerprint density at radius 2 is 1.77 bits per heavy atom. The van der Waals surface area contributed by atoms with Crippen molar-refractivity contribution in [3.05, 3.63) is 65.2 Å². The van der Waals surface area contributed by atoms with E-state index in [1.54, 1.807) is 12.1 Å². The third kappa shape index (κ3) is 3.67. The number of carbonyl (C=O) groups is 1. The number of benzene rings is 2. The standard InChI is InChI=1S/C23H27NO2/c1-5-16-13-14-23(3,4)21-15-19(11-12-20(16)21)24-18-9-7-17(8-10-18)22(25)26-6-2/h7-13,15,24H,5-6,14H2,1-4H3. The maximum Gasteiger partial charge on any atom is 0.338 e. The van der Waals surface area contributed by atoms with Gasteiger partial charge < -0.3 is 10.1 Å². The second-order valence-corrected chi connectivity index (χ2v) is 7.35. The molecule has 0 unspecified atom stereocenters. The van der Waals surface area contributed by atoms with Gasteiger partial charge >= 0.3 is 5.97 Å². The molecular weight excluding hydrogens is 322 g/mol. The molecule has 0 saturated heterocycles. The van der Waals surface area contributed by atoms with Gasteiger partial charge in [-0.3, -0.25) is 0 Å². The molecule has 1 N–H and O–H groups in total. The number of anilines is 2. The van der Waals surface area contributed by atoms with Crippen LogP contribution < -0.4 is 5.32 Å². The van der Waals surface area contributed by atoms with Gasteiger partial charge in [0.05, 0.1) is 12.2 Å². The van der Waals surface area contributed by atoms with Gasteiger partial charge in [0.1, 0.15) is 0 Å². The number of allylic oxidation sites excluding steroid dienone is 2. The Hall–Kier alpha value is -2.55. The normalized spacial score (nSPS) is 15.0. The van der Waals surface area contributed by atoms with Gasteiger partial charge in [0.2, 0.25) is 0 Å². The maximum atomic E-state index is 11.8. The van der Waals surface area contributed by atoms with Crippen molar-refractivity contribution in [2.75, 3.05) is 11.9 Å². The Morgan fingerprint density at radius 3 is 2.42 bits per heavy atom. The van der Waals surface area contributed by atoms with Crippen molar-refractivity contribution >= 4 is 22.9 Å². The van der Waals surface area contributed by atoms with E-state index in [-0.39, 0.29) is 11.4 Å². The summed E-state index contributed by atoms with van der Waals surface area (Å²) in [6, 6.07) is 14.0. The first-order valence-corrected chi connectivity index (χ1v) is 9.32. The van der Waals surface area contributed by atoms with E-state index in [9.17, 15) is 4.79 Å². The van der Waals surface area contributed by atoms with Crippen molar-refractivity contribution in [2.45, 2.75) is 46.0 Å². The molecule has 26 heavy (non-hydrogen) atoms. The predicted molar refractivity (Wildman–Crippen MR) is 108 cm³/mol. The van der Waals surface area contributed by atoms with Crippen LogP contribution in [-0.4, -0.2) is 12.6 Å². The van der Waals surface area contributed by atoms with Crippen LogP contribution in [0, 0.1) is 0 Å². The molecule has 0 spiro atoms. The minimum Gasteiger partial charge on any atom is -0.462 e. The molecule has 0 amide bonds. The molecule has 3 rings (SSSR count). The first kappa shape index (κ1) is 18.2. The number of ether oxygens (including phenoxy) is 1. The highest BCUT2D eigenvalue weighted by atomic mass is 16.5. The number of hydrogen-bond acceptors (Lipinski definition) is 3. The van der Waals surface area contributed by atoms with Crippen LogP contribution >= 0.6 is 0 Å². The van der Waals surface area contributed by atoms with Gasteiger partial charge in [-0.2, -0.15) is 0 Å². The second-order valence-electron chi connectivity index (χ2n) is 7.35. The summed E-state index contributed by atoms with van der Waals surface area (Å²) in [6.07, 6.45) is 4.51. The highest BCUT2D eigenvalue weighted by Crippen LogP contribution is 2.41. The van der Waals surface area contributed by atoms with Crippen molar-refractivity contribution < 1.29 is 9.53 Å². The monoisotopic (exact) mass is 349 g/mol. The van der Waals surface area contributed by atoms with Crippen LogP contribution in [0.25, 0.3) is 5.57 Å². The predicted octanol–water partition coefficient (Wildman–Crippen LogP) is 6.08. The van der Waals surface area contributed by atoms with E-state index in [4.69, 9.17) is 4.74 Å². The Kier molecular flexibility index (Phi) is 5.17. The first-order chi connectivity index (χ1) is 12.4. The molecule has 2 aromatic carbocycles. The van der Waals surface area contributed by atoms with Crippen LogP contribution in [-0.2, 0) is 10.2 Å². The fraction of sp³-hybridized carbons (Fsp3) is 0.348. The molecule has 0 aliphatic heterocycles. The largest absolute Gasteiger partial charge is 0.462 e. The zero-order valence-electron chi connectivity index (χ0n) is 16.1. The van der Waals surface area contributed by atoms with Gasteiger partial charge in [0.15, 0.2) is 0 Å². The molecule has 1 aliphatic rings. The fourth-order valence-electron chi connectivity index (χ4n) is 3.47. The summed E-state index contributed by atoms with van der Waals surface area (Å²) < 4.78 is 5.03. The SMILES string of the molecule is CCOC(=O)c1ccc(Nc2ccc3c(c2)C(C)(C)CC=C3CC)cc1. The first-order valence-electron chi connectivity index (χ1n) is 9.32. The van der Waals surface area contributed by atoms with Gasteiger partial charge in [0.25, 0.3) is 0 Å². The van der Waals surface area contributed by atoms with Crippen LogP contribution in [0.3, 0.4) is 0 Å². The average molecular weight is 349 g/mol. The highest BCUT2D eigenvalue weighted by molar-refractivity contribution is 5.90. The van der Waals surface area contributed by atoms with Gasteiger partial charge in [-0.15, -0.1) is 0 Å². The number of fused-ring (bicyclic) bond motifs is 1. The zero-order chi connectivity index (χ0) is 18.7. The van der Waals surface area contributed by atoms with Gasteiger partial charge in [-0.25, -0.2) is 4.79 Å². The Morgan fingerprint density at radius 1 is 1.08 bits per heavy atom. The van der Waals surface area contributed by atoms with E-state index >= 15 is 0 Å². The number of carbonyl (C=O) groups excluding carboxylic acids is 1. The van der Waals surface area contributed by atoms with E-state index in [2.05, 4.69) is 50.4 Å². The van der Waals surface area contributed by atoms with Crippen molar-refractivity contribution in [1.29, 1.82) is 0 Å². The van der Waals surface area contributed by atoms with E-state index in [0.717, 1.165) is 24.2 Å². The number of esters is 1. The summed E-state index contributed by atoms with van der Waals surface area (Å²) in [5.74, 6) is -0.284. The van der Waals surface area contributed by atoms with Crippen LogP contribution in [0.4, 0.5) is 11.4 Å². The van der Waals surface area contributed by atoms with Crippen molar-refractivity contribution in [3.8, 4) is 0 Å². The van der Waals surface area contributed by atoms with Crippen molar-refractivity contribution in [3.63, 3.8) is 0 Å². The van der Waals surface area contributed by atoms with Gasteiger partial charge in [-0.1, -0.05) is 32.9 Å². The lowest BCUT2D eigenvalue weighted by molar-refractivity contribution is 0.0526. The van der Waals surface area contributed by atoms with Gasteiger partial charge in [0, 0.05) is 11.4 Å². The molecule has 136 valence electrons. The molecule has 3 heteroatoms. The number of rotatable bonds is 5. The summed E-state index contributed by atoms with van der Waals surface area (Å²) in [4.78, 5) is 11.8. The molecule has 0 radical (unpaired) electrons. The summed E-state index contributed by atoms with van der Waals surface area (Å²) in [5.41, 5.74) is 6.93. The summed E-state index contributed by atoms with van der Waals surface area (Å²) in [7, 11) is 0. The molecule has 0 fully saturated rings. The number of hydrogen-bond donors (Lipinski definition) is 1. The van der Waals surface area contributed by atoms with Crippen LogP contribution in [0.15, 0.2) is 48.5 Å². The van der Waals surface area contributed by atoms with Crippen LogP contribution in [0.5, 0.6) is 0 Å². The zero-order valence-corrected chi connectivity index (χ0v) is 16.1. The molecule has 0 bridgehead atoms. The molecule has 0 aromatic heterocycles. The number of nitrogens with one attached hydrogen (secondary N) is 1. The molecule has 2 aromatic rings. The van der Waals surface area contributed by atoms with E-state index in [1.807, 2.05) is 19.1 Å². The topological polar surface area (TPSA) is 38.3 Å². The van der Waals surface area contributed by atoms with E-state index in [0.29, 0.717) is 12.2 Å². The molecule has 1 aliphatic carbocycles. The molecule has 0 heterocycles. The summed E-state index contributed by atoms with van der Waals surface area (Å²) in [5, 5.41) is 3.45. The molecule has 3 nitrogen and oxygen atoms in total. The minimum atomic E-state index is -0.284. The average Bonchev–Trinajstić information content (AvgIpc) is 2.63. The van der Waals surface area contributed by atoms with Gasteiger partial charge in [-0.05, 0) is 78.3 Å². The quantitative estimate of drug-likeness (QED) is 0.665. The third-order valence-electron chi connectivity index (χ3n) is 5.02. The molecular formula is C23H27NO2. The van der Waals surface area contributed by atoms with Crippen molar-refractivity contribution in [2.24, 2.45) is 0 Å². The maximum absolute atomic E-state index is 11.8. The van der Waals surface area contributed by atoms with E-state index in [1.165, 1.54) is 16.7 Å². The Labute approximate surface area is 156 Å². The second kappa shape index (κ2) is 7.36. The smallest absolute Gasteiger partial charge is 0.338 e. The lowest BCUT2D eigenvalue weighted by atomic mass is 9.73. The molecule has 0 saturated carbocycles. The Bertz CT molecular complexity index is 832. The lowest BCUT2D eigenvalue weighted by Gasteiger charge is -2.32. The molecule has 0 atom stereocenters. The van der Waals surface area contributed by atoms with Crippen LogP contribution in [0.1, 0.15) is 62.0 Å². The Balaban J connectivity index is 1.83. The lowest BCUT2D eigenvalue weighted by Crippen LogP contribution is -2.21. The minimum absolute atomic E-state index is 0.138. The summed E-state index contributed by atoms with van der Waals surface area (Å²) in [6.45, 7) is 9.01. The fourth-order valence-corrected chi connectivity index (χ4v) is 3.47. The van der Waals surface area contributed by atoms with Crippen LogP contribution in [0.2, 0.25) is 0 Å². The highest BCUT2D eigenvalue weighted by Gasteiger charge is 2.27. The third-order valence-corrected chi connectivity index (χ3v) is 5.02. The summed E-state index contributed by atoms with van der Waals surface area (Å²) >= 11 is 0. The van der Waals surface area contributed by atoms with E-state index < -0.39 is 0 Å². The van der Waals surface area contributed by atoms with Crippen molar-refractivity contribution in [1.82, 2.24) is 0 Å².